The highest BCUT2D eigenvalue weighted by atomic mass is 32.2. The van der Waals surface area contributed by atoms with Crippen LogP contribution in [0.15, 0.2) is 30.3 Å². The van der Waals surface area contributed by atoms with Crippen LogP contribution in [0.1, 0.15) is 18.4 Å². The lowest BCUT2D eigenvalue weighted by Gasteiger charge is -2.13. The molecule has 0 atom stereocenters. The average Bonchev–Trinajstić information content (AvgIpc) is 2.70. The molecule has 1 heterocycles. The van der Waals surface area contributed by atoms with Crippen molar-refractivity contribution in [2.45, 2.75) is 18.6 Å². The van der Waals surface area contributed by atoms with Crippen LogP contribution >= 0.6 is 0 Å². The second kappa shape index (κ2) is 4.95. The quantitative estimate of drug-likeness (QED) is 0.802. The predicted molar refractivity (Wildman–Crippen MR) is 61.0 cm³/mol. The number of hydrogen-bond acceptors (Lipinski definition) is 4. The molecule has 1 aliphatic rings. The summed E-state index contributed by atoms with van der Waals surface area (Å²) in [4.78, 5) is 0. The minimum absolute atomic E-state index is 0.0651. The molecule has 1 aromatic rings. The average molecular weight is 241 g/mol. The van der Waals surface area contributed by atoms with Gasteiger partial charge in [-0.05, 0) is 18.4 Å². The minimum Gasteiger partial charge on any atom is -0.198 e. The van der Waals surface area contributed by atoms with Crippen LogP contribution in [0.2, 0.25) is 0 Å². The van der Waals surface area contributed by atoms with Crippen molar-refractivity contribution in [2.24, 2.45) is 0 Å². The summed E-state index contributed by atoms with van der Waals surface area (Å²) in [7, 11) is -3.49. The molecule has 1 fully saturated rings. The molecule has 4 nitrogen and oxygen atoms in total. The van der Waals surface area contributed by atoms with E-state index in [0.717, 1.165) is 18.4 Å². The lowest BCUT2D eigenvalue weighted by Crippen LogP contribution is -2.25. The van der Waals surface area contributed by atoms with Gasteiger partial charge in [-0.3, -0.25) is 0 Å². The maximum absolute atomic E-state index is 11.7. The molecular formula is C11H15NO3S. The number of nitrogens with zero attached hydrogens (tertiary/aromatic N) is 1. The molecule has 1 aliphatic heterocycles. The van der Waals surface area contributed by atoms with Crippen LogP contribution in [0.4, 0.5) is 0 Å². The largest absolute Gasteiger partial charge is 0.287 e. The fraction of sp³-hybridized carbons (Fsp3) is 0.455. The molecular weight excluding hydrogens is 226 g/mol. The number of benzene rings is 1. The Balaban J connectivity index is 1.97. The van der Waals surface area contributed by atoms with Crippen molar-refractivity contribution in [1.82, 2.24) is 5.06 Å². The SMILES string of the molecule is O=S(=O)(Cc1ccccc1)ON1CCCC1. The highest BCUT2D eigenvalue weighted by molar-refractivity contribution is 7.85. The Bertz CT molecular complexity index is 424. The van der Waals surface area contributed by atoms with Crippen molar-refractivity contribution in [3.63, 3.8) is 0 Å². The fourth-order valence-corrected chi connectivity index (χ4v) is 2.85. The molecule has 1 saturated heterocycles. The van der Waals surface area contributed by atoms with Gasteiger partial charge in [0.25, 0.3) is 10.1 Å². The van der Waals surface area contributed by atoms with E-state index in [1.807, 2.05) is 18.2 Å². The summed E-state index contributed by atoms with van der Waals surface area (Å²) in [5.41, 5.74) is 0.752. The molecule has 88 valence electrons. The van der Waals surface area contributed by atoms with Gasteiger partial charge in [0.1, 0.15) is 5.75 Å². The Kier molecular flexibility index (Phi) is 3.58. The number of hydroxylamine groups is 2. The number of rotatable bonds is 4. The van der Waals surface area contributed by atoms with Gasteiger partial charge < -0.3 is 0 Å². The Morgan fingerprint density at radius 2 is 1.75 bits per heavy atom. The van der Waals surface area contributed by atoms with Crippen molar-refractivity contribution < 1.29 is 12.7 Å². The standard InChI is InChI=1S/C11H15NO3S/c13-16(14,15-12-8-4-5-9-12)10-11-6-2-1-3-7-11/h1-3,6-7H,4-5,8-10H2. The maximum Gasteiger partial charge on any atom is 0.287 e. The van der Waals surface area contributed by atoms with Gasteiger partial charge in [-0.15, -0.1) is 0 Å². The molecule has 0 unspecified atom stereocenters. The molecule has 0 spiro atoms. The normalized spacial score (nSPS) is 17.8. The molecule has 16 heavy (non-hydrogen) atoms. The highest BCUT2D eigenvalue weighted by Crippen LogP contribution is 2.13. The summed E-state index contributed by atoms with van der Waals surface area (Å²) >= 11 is 0. The van der Waals surface area contributed by atoms with Crippen LogP contribution in [-0.2, 0) is 20.2 Å². The van der Waals surface area contributed by atoms with E-state index in [1.54, 1.807) is 12.1 Å². The van der Waals surface area contributed by atoms with Gasteiger partial charge in [-0.25, -0.2) is 0 Å². The first-order chi connectivity index (χ1) is 7.66. The zero-order chi connectivity index (χ0) is 11.4. The smallest absolute Gasteiger partial charge is 0.198 e. The maximum atomic E-state index is 11.7. The van der Waals surface area contributed by atoms with E-state index in [4.69, 9.17) is 4.28 Å². The zero-order valence-corrected chi connectivity index (χ0v) is 9.82. The molecule has 0 amide bonds. The molecule has 0 radical (unpaired) electrons. The van der Waals surface area contributed by atoms with Crippen LogP contribution in [0, 0.1) is 0 Å². The van der Waals surface area contributed by atoms with Gasteiger partial charge in [0.2, 0.25) is 0 Å². The van der Waals surface area contributed by atoms with E-state index in [2.05, 4.69) is 0 Å². The van der Waals surface area contributed by atoms with E-state index in [0.29, 0.717) is 13.1 Å². The van der Waals surface area contributed by atoms with E-state index >= 15 is 0 Å². The first-order valence-electron chi connectivity index (χ1n) is 5.37. The molecule has 0 bridgehead atoms. The number of hydrogen-bond donors (Lipinski definition) is 0. The Hall–Kier alpha value is -0.910. The second-order valence-corrected chi connectivity index (χ2v) is 5.45. The fourth-order valence-electron chi connectivity index (χ4n) is 1.73. The van der Waals surface area contributed by atoms with E-state index < -0.39 is 10.1 Å². The van der Waals surface area contributed by atoms with Crippen LogP contribution in [-0.4, -0.2) is 26.6 Å². The first-order valence-corrected chi connectivity index (χ1v) is 6.95. The van der Waals surface area contributed by atoms with Crippen molar-refractivity contribution in [1.29, 1.82) is 0 Å². The lowest BCUT2D eigenvalue weighted by molar-refractivity contribution is -0.0272. The summed E-state index contributed by atoms with van der Waals surface area (Å²) < 4.78 is 28.4. The summed E-state index contributed by atoms with van der Waals surface area (Å²) in [6.45, 7) is 1.40. The van der Waals surface area contributed by atoms with Gasteiger partial charge in [-0.2, -0.15) is 17.8 Å². The topological polar surface area (TPSA) is 46.6 Å². The van der Waals surface area contributed by atoms with Crippen molar-refractivity contribution in [2.75, 3.05) is 13.1 Å². The Morgan fingerprint density at radius 3 is 2.38 bits per heavy atom. The summed E-state index contributed by atoms with van der Waals surface area (Å²) in [5, 5.41) is 1.53. The third-order valence-corrected chi connectivity index (χ3v) is 3.60. The van der Waals surface area contributed by atoms with Crippen molar-refractivity contribution in [3.05, 3.63) is 35.9 Å². The third-order valence-electron chi connectivity index (χ3n) is 2.47. The van der Waals surface area contributed by atoms with E-state index in [-0.39, 0.29) is 5.75 Å². The van der Waals surface area contributed by atoms with Gasteiger partial charge in [0, 0.05) is 13.1 Å². The van der Waals surface area contributed by atoms with E-state index in [9.17, 15) is 8.42 Å². The summed E-state index contributed by atoms with van der Waals surface area (Å²) in [6.07, 6.45) is 2.00. The Labute approximate surface area is 95.9 Å². The molecule has 0 N–H and O–H groups in total. The lowest BCUT2D eigenvalue weighted by atomic mass is 10.2. The summed E-state index contributed by atoms with van der Waals surface area (Å²) in [5.74, 6) is -0.0651. The monoisotopic (exact) mass is 241 g/mol. The van der Waals surface area contributed by atoms with E-state index in [1.165, 1.54) is 5.06 Å². The highest BCUT2D eigenvalue weighted by Gasteiger charge is 2.21. The molecule has 1 aromatic carbocycles. The summed E-state index contributed by atoms with van der Waals surface area (Å²) in [6, 6.07) is 9.06. The molecule has 0 aliphatic carbocycles. The Morgan fingerprint density at radius 1 is 1.12 bits per heavy atom. The second-order valence-electron chi connectivity index (χ2n) is 3.90. The molecule has 0 aromatic heterocycles. The van der Waals surface area contributed by atoms with Crippen LogP contribution < -0.4 is 0 Å². The molecule has 5 heteroatoms. The first kappa shape index (κ1) is 11.6. The van der Waals surface area contributed by atoms with Gasteiger partial charge in [0.15, 0.2) is 0 Å². The molecule has 2 rings (SSSR count). The third kappa shape index (κ3) is 3.30. The van der Waals surface area contributed by atoms with Gasteiger partial charge >= 0.3 is 0 Å². The van der Waals surface area contributed by atoms with Crippen molar-refractivity contribution in [3.8, 4) is 0 Å². The predicted octanol–water partition coefficient (Wildman–Crippen LogP) is 1.54. The van der Waals surface area contributed by atoms with Gasteiger partial charge in [0.05, 0.1) is 0 Å². The van der Waals surface area contributed by atoms with Crippen LogP contribution in [0.3, 0.4) is 0 Å². The molecule has 0 saturated carbocycles. The van der Waals surface area contributed by atoms with Gasteiger partial charge in [-0.1, -0.05) is 30.3 Å². The van der Waals surface area contributed by atoms with Crippen molar-refractivity contribution >= 4 is 10.1 Å². The van der Waals surface area contributed by atoms with Crippen LogP contribution in [0.25, 0.3) is 0 Å². The van der Waals surface area contributed by atoms with Crippen LogP contribution in [0.5, 0.6) is 0 Å². The zero-order valence-electron chi connectivity index (χ0n) is 9.00. The minimum atomic E-state index is -3.49.